The summed E-state index contributed by atoms with van der Waals surface area (Å²) in [6.45, 7) is 0. The Hall–Kier alpha value is -2.00. The molecule has 5 nitrogen and oxygen atoms in total. The van der Waals surface area contributed by atoms with Crippen molar-refractivity contribution in [3.63, 3.8) is 0 Å². The molecule has 0 aliphatic heterocycles. The van der Waals surface area contributed by atoms with Gasteiger partial charge in [0.05, 0.1) is 11.8 Å². The third-order valence-electron chi connectivity index (χ3n) is 2.96. The molecule has 0 fully saturated rings. The smallest absolute Gasteiger partial charge is 0.335 e. The summed E-state index contributed by atoms with van der Waals surface area (Å²) in [6.07, 6.45) is 1.63. The standard InChI is InChI=1S/C15H10IN3O2S/c16-13-7-12-11(5-6-22-12)14(18-13)19-17-8-9-1-3-10(4-2-9)15(20)21/h1-8H,(H,18,19)(H,20,21). The molecule has 0 atom stereocenters. The van der Waals surface area contributed by atoms with Gasteiger partial charge in [0, 0.05) is 10.1 Å². The van der Waals surface area contributed by atoms with Crippen molar-refractivity contribution < 1.29 is 9.90 Å². The van der Waals surface area contributed by atoms with Crippen LogP contribution in [-0.4, -0.2) is 22.3 Å². The van der Waals surface area contributed by atoms with E-state index in [1.807, 2.05) is 17.5 Å². The first kappa shape index (κ1) is 14.9. The van der Waals surface area contributed by atoms with Crippen molar-refractivity contribution in [2.24, 2.45) is 5.10 Å². The zero-order valence-corrected chi connectivity index (χ0v) is 14.1. The molecule has 7 heteroatoms. The van der Waals surface area contributed by atoms with E-state index in [-0.39, 0.29) is 5.56 Å². The van der Waals surface area contributed by atoms with Gasteiger partial charge in [-0.05, 0) is 57.8 Å². The van der Waals surface area contributed by atoms with Gasteiger partial charge in [0.2, 0.25) is 0 Å². The molecule has 0 saturated heterocycles. The molecule has 0 aliphatic rings. The van der Waals surface area contributed by atoms with Crippen molar-refractivity contribution in [1.82, 2.24) is 4.98 Å². The van der Waals surface area contributed by atoms with Crippen molar-refractivity contribution in [3.8, 4) is 0 Å². The van der Waals surface area contributed by atoms with Crippen LogP contribution in [0.4, 0.5) is 5.82 Å². The summed E-state index contributed by atoms with van der Waals surface area (Å²) < 4.78 is 2.05. The second-order valence-electron chi connectivity index (χ2n) is 4.42. The topological polar surface area (TPSA) is 74.6 Å². The van der Waals surface area contributed by atoms with Crippen LogP contribution in [0.1, 0.15) is 15.9 Å². The lowest BCUT2D eigenvalue weighted by Gasteiger charge is -2.02. The van der Waals surface area contributed by atoms with E-state index in [0.29, 0.717) is 5.82 Å². The average molecular weight is 423 g/mol. The van der Waals surface area contributed by atoms with Gasteiger partial charge in [-0.1, -0.05) is 12.1 Å². The summed E-state index contributed by atoms with van der Waals surface area (Å²) >= 11 is 3.83. The van der Waals surface area contributed by atoms with Crippen LogP contribution in [0.2, 0.25) is 0 Å². The lowest BCUT2D eigenvalue weighted by molar-refractivity contribution is 0.0697. The van der Waals surface area contributed by atoms with E-state index in [4.69, 9.17) is 5.11 Å². The number of fused-ring (bicyclic) bond motifs is 1. The Labute approximate surface area is 143 Å². The monoisotopic (exact) mass is 423 g/mol. The van der Waals surface area contributed by atoms with Crippen molar-refractivity contribution in [2.75, 3.05) is 5.43 Å². The Morgan fingerprint density at radius 2 is 2.09 bits per heavy atom. The van der Waals surface area contributed by atoms with Crippen molar-refractivity contribution in [2.45, 2.75) is 0 Å². The fourth-order valence-corrected chi connectivity index (χ4v) is 3.49. The lowest BCUT2D eigenvalue weighted by atomic mass is 10.1. The Morgan fingerprint density at radius 1 is 1.32 bits per heavy atom. The number of anilines is 1. The summed E-state index contributed by atoms with van der Waals surface area (Å²) in [7, 11) is 0. The quantitative estimate of drug-likeness (QED) is 0.288. The zero-order valence-electron chi connectivity index (χ0n) is 11.2. The molecule has 0 radical (unpaired) electrons. The van der Waals surface area contributed by atoms with Gasteiger partial charge >= 0.3 is 5.97 Å². The third kappa shape index (κ3) is 3.25. The highest BCUT2D eigenvalue weighted by Gasteiger charge is 2.05. The Balaban J connectivity index is 1.78. The van der Waals surface area contributed by atoms with Gasteiger partial charge in [0.15, 0.2) is 5.82 Å². The minimum atomic E-state index is -0.940. The van der Waals surface area contributed by atoms with E-state index in [0.717, 1.165) is 19.4 Å². The number of carbonyl (C=O) groups is 1. The van der Waals surface area contributed by atoms with Crippen molar-refractivity contribution >= 4 is 62.0 Å². The first-order chi connectivity index (χ1) is 10.6. The summed E-state index contributed by atoms with van der Waals surface area (Å²) in [5, 5.41) is 16.1. The number of carboxylic acids is 1. The minimum absolute atomic E-state index is 0.254. The molecule has 0 bridgehead atoms. The molecule has 0 saturated carbocycles. The minimum Gasteiger partial charge on any atom is -0.478 e. The summed E-state index contributed by atoms with van der Waals surface area (Å²) in [6, 6.07) is 10.5. The van der Waals surface area contributed by atoms with Crippen LogP contribution in [-0.2, 0) is 0 Å². The SMILES string of the molecule is O=C(O)c1ccc(C=NNc2nc(I)cc3sccc23)cc1. The lowest BCUT2D eigenvalue weighted by Crippen LogP contribution is -1.97. The highest BCUT2D eigenvalue weighted by molar-refractivity contribution is 14.1. The molecular formula is C15H10IN3O2S. The number of hydrogen-bond donors (Lipinski definition) is 2. The Morgan fingerprint density at radius 3 is 2.82 bits per heavy atom. The maximum absolute atomic E-state index is 10.8. The van der Waals surface area contributed by atoms with Crippen LogP contribution < -0.4 is 5.43 Å². The molecule has 0 spiro atoms. The Kier molecular flexibility index (Phi) is 4.34. The number of benzene rings is 1. The molecule has 2 aromatic heterocycles. The average Bonchev–Trinajstić information content (AvgIpc) is 2.96. The van der Waals surface area contributed by atoms with Crippen LogP contribution in [0.15, 0.2) is 46.9 Å². The van der Waals surface area contributed by atoms with Gasteiger partial charge in [-0.25, -0.2) is 9.78 Å². The second-order valence-corrected chi connectivity index (χ2v) is 6.48. The first-order valence-electron chi connectivity index (χ1n) is 6.29. The van der Waals surface area contributed by atoms with Gasteiger partial charge in [0.1, 0.15) is 3.70 Å². The molecule has 1 aromatic carbocycles. The van der Waals surface area contributed by atoms with Gasteiger partial charge < -0.3 is 5.11 Å². The van der Waals surface area contributed by atoms with E-state index in [2.05, 4.69) is 38.1 Å². The number of rotatable bonds is 4. The number of nitrogens with zero attached hydrogens (tertiary/aromatic N) is 2. The number of aromatic carboxylic acids is 1. The van der Waals surface area contributed by atoms with E-state index in [9.17, 15) is 4.79 Å². The molecule has 3 rings (SSSR count). The fourth-order valence-electron chi connectivity index (χ4n) is 1.90. The van der Waals surface area contributed by atoms with Crippen molar-refractivity contribution in [3.05, 3.63) is 56.6 Å². The summed E-state index contributed by atoms with van der Waals surface area (Å²) in [5.74, 6) is -0.230. The fraction of sp³-hybridized carbons (Fsp3) is 0. The van der Waals surface area contributed by atoms with Gasteiger partial charge in [-0.15, -0.1) is 11.3 Å². The normalized spacial score (nSPS) is 11.1. The number of halogens is 1. The number of nitrogens with one attached hydrogen (secondary N) is 1. The first-order valence-corrected chi connectivity index (χ1v) is 8.25. The molecule has 3 aromatic rings. The summed E-state index contributed by atoms with van der Waals surface area (Å²) in [4.78, 5) is 15.2. The van der Waals surface area contributed by atoms with Crippen LogP contribution in [0.3, 0.4) is 0 Å². The largest absolute Gasteiger partial charge is 0.478 e. The zero-order chi connectivity index (χ0) is 15.5. The van der Waals surface area contributed by atoms with Crippen LogP contribution in [0.25, 0.3) is 10.1 Å². The van der Waals surface area contributed by atoms with Gasteiger partial charge in [-0.2, -0.15) is 5.10 Å². The highest BCUT2D eigenvalue weighted by Crippen LogP contribution is 2.27. The van der Waals surface area contributed by atoms with Gasteiger partial charge in [-0.3, -0.25) is 5.43 Å². The predicted molar refractivity (Wildman–Crippen MR) is 97.0 cm³/mol. The number of hydrazone groups is 1. The highest BCUT2D eigenvalue weighted by atomic mass is 127. The second kappa shape index (κ2) is 6.41. The number of thiophene rings is 1. The van der Waals surface area contributed by atoms with Crippen molar-refractivity contribution in [1.29, 1.82) is 0 Å². The predicted octanol–water partition coefficient (Wildman–Crippen LogP) is 4.05. The maximum Gasteiger partial charge on any atom is 0.335 e. The third-order valence-corrected chi connectivity index (χ3v) is 4.38. The maximum atomic E-state index is 10.8. The summed E-state index contributed by atoms with van der Waals surface area (Å²) in [5.41, 5.74) is 4.01. The van der Waals surface area contributed by atoms with Crippen LogP contribution >= 0.6 is 33.9 Å². The van der Waals surface area contributed by atoms with E-state index >= 15 is 0 Å². The molecule has 2 heterocycles. The molecule has 0 aliphatic carbocycles. The number of aromatic nitrogens is 1. The molecule has 0 unspecified atom stereocenters. The van der Waals surface area contributed by atoms with Crippen LogP contribution in [0.5, 0.6) is 0 Å². The van der Waals surface area contributed by atoms with E-state index < -0.39 is 5.97 Å². The number of hydrogen-bond acceptors (Lipinski definition) is 5. The molecular weight excluding hydrogens is 413 g/mol. The number of pyridine rings is 1. The van der Waals surface area contributed by atoms with Crippen LogP contribution in [0, 0.1) is 3.70 Å². The Bertz CT molecular complexity index is 859. The molecule has 110 valence electrons. The molecule has 2 N–H and O–H groups in total. The van der Waals surface area contributed by atoms with Gasteiger partial charge in [0.25, 0.3) is 0 Å². The molecule has 0 amide bonds. The number of carboxylic acid groups (broad SMARTS) is 1. The van der Waals surface area contributed by atoms with E-state index in [1.54, 1.807) is 41.8 Å². The van der Waals surface area contributed by atoms with E-state index in [1.165, 1.54) is 0 Å². The molecule has 22 heavy (non-hydrogen) atoms.